The zero-order valence-electron chi connectivity index (χ0n) is 35.1. The monoisotopic (exact) mass is 737 g/mol. The molecule has 0 spiro atoms. The Kier molecular flexibility index (Phi) is 16.7. The zero-order valence-corrected chi connectivity index (χ0v) is 35.1. The first kappa shape index (κ1) is 46.0. The van der Waals surface area contributed by atoms with Gasteiger partial charge in [0.25, 0.3) is 0 Å². The van der Waals surface area contributed by atoms with Gasteiger partial charge < -0.3 is 19.7 Å². The summed E-state index contributed by atoms with van der Waals surface area (Å²) in [6.45, 7) is 27.2. The fourth-order valence-corrected chi connectivity index (χ4v) is 11.0. The van der Waals surface area contributed by atoms with Gasteiger partial charge in [0, 0.05) is 55.5 Å². The van der Waals surface area contributed by atoms with Crippen LogP contribution in [0.15, 0.2) is 0 Å². The second-order valence-corrected chi connectivity index (χ2v) is 17.3. The number of rotatable bonds is 21. The zero-order chi connectivity index (χ0) is 39.7. The molecule has 52 heavy (non-hydrogen) atoms. The van der Waals surface area contributed by atoms with Gasteiger partial charge in [0.15, 0.2) is 0 Å². The van der Waals surface area contributed by atoms with Gasteiger partial charge in [-0.2, -0.15) is 0 Å². The van der Waals surface area contributed by atoms with Crippen LogP contribution in [-0.2, 0) is 28.7 Å². The van der Waals surface area contributed by atoms with E-state index in [-0.39, 0.29) is 64.2 Å². The number of nitrogens with zero attached hydrogens (tertiary/aromatic N) is 2. The van der Waals surface area contributed by atoms with Crippen molar-refractivity contribution < 1.29 is 38.9 Å². The summed E-state index contributed by atoms with van der Waals surface area (Å²) < 4.78 is 11.0. The van der Waals surface area contributed by atoms with Crippen molar-refractivity contribution in [2.24, 2.45) is 29.1 Å². The summed E-state index contributed by atoms with van der Waals surface area (Å²) in [6, 6.07) is 0. The summed E-state index contributed by atoms with van der Waals surface area (Å²) in [6.07, 6.45) is 9.55. The second-order valence-electron chi connectivity index (χ2n) is 17.3. The standard InChI is InChI=1S/C42H76N2O8/c1-13-38(9)28-34(30(5)40(11,15-3)43(38)24-26-51-32(7)45)42(37(49)50,23-21-19-17-18-20-22-36(47)48)35-29-39(10,14-2)44(25-27-52-33(8)46)41(12,16-4)31(35)6/h30-31,34-35H,13-29H2,1-12H3,(H,47,48)(H,49,50). The summed E-state index contributed by atoms with van der Waals surface area (Å²) in [4.78, 5) is 54.4. The van der Waals surface area contributed by atoms with Gasteiger partial charge in [-0.25, -0.2) is 0 Å². The van der Waals surface area contributed by atoms with Gasteiger partial charge in [-0.15, -0.1) is 0 Å². The number of hydrogen-bond acceptors (Lipinski definition) is 8. The quantitative estimate of drug-likeness (QED) is 0.0872. The van der Waals surface area contributed by atoms with E-state index < -0.39 is 17.4 Å². The molecule has 0 amide bonds. The van der Waals surface area contributed by atoms with Crippen molar-refractivity contribution in [3.8, 4) is 0 Å². The third kappa shape index (κ3) is 9.53. The molecule has 0 radical (unpaired) electrons. The lowest BCUT2D eigenvalue weighted by atomic mass is 9.46. The van der Waals surface area contributed by atoms with E-state index in [0.717, 1.165) is 64.2 Å². The van der Waals surface area contributed by atoms with Crippen LogP contribution in [0.1, 0.15) is 167 Å². The predicted molar refractivity (Wildman–Crippen MR) is 206 cm³/mol. The van der Waals surface area contributed by atoms with Gasteiger partial charge in [0.1, 0.15) is 13.2 Å². The Hall–Kier alpha value is -2.20. The van der Waals surface area contributed by atoms with Gasteiger partial charge in [0.2, 0.25) is 0 Å². The van der Waals surface area contributed by atoms with Gasteiger partial charge >= 0.3 is 23.9 Å². The molecule has 2 aliphatic heterocycles. The van der Waals surface area contributed by atoms with Crippen LogP contribution in [0.5, 0.6) is 0 Å². The molecule has 0 aromatic carbocycles. The van der Waals surface area contributed by atoms with E-state index in [1.54, 1.807) is 0 Å². The molecule has 2 saturated heterocycles. The number of carbonyl (C=O) groups excluding carboxylic acids is 2. The molecule has 0 saturated carbocycles. The Morgan fingerprint density at radius 2 is 1.04 bits per heavy atom. The number of piperidine rings is 2. The summed E-state index contributed by atoms with van der Waals surface area (Å²) in [5, 5.41) is 21.1. The normalized spacial score (nSPS) is 34.0. The molecule has 10 heteroatoms. The number of aliphatic carboxylic acids is 2. The average Bonchev–Trinajstić information content (AvgIpc) is 3.08. The maximum absolute atomic E-state index is 14.6. The van der Waals surface area contributed by atoms with Crippen molar-refractivity contribution in [3.63, 3.8) is 0 Å². The molecule has 2 heterocycles. The van der Waals surface area contributed by atoms with Crippen LogP contribution in [-0.4, -0.2) is 92.3 Å². The lowest BCUT2D eigenvalue weighted by Crippen LogP contribution is -2.73. The van der Waals surface area contributed by atoms with Gasteiger partial charge in [0.05, 0.1) is 5.41 Å². The van der Waals surface area contributed by atoms with Gasteiger partial charge in [-0.1, -0.05) is 67.2 Å². The Labute approximate surface area is 316 Å². The Morgan fingerprint density at radius 1 is 0.654 bits per heavy atom. The molecule has 0 aromatic heterocycles. The van der Waals surface area contributed by atoms with Crippen molar-refractivity contribution in [1.29, 1.82) is 0 Å². The summed E-state index contributed by atoms with van der Waals surface area (Å²) in [5.74, 6) is -2.20. The third-order valence-electron chi connectivity index (χ3n) is 14.9. The van der Waals surface area contributed by atoms with E-state index in [1.807, 2.05) is 0 Å². The van der Waals surface area contributed by atoms with Crippen molar-refractivity contribution in [2.45, 2.75) is 189 Å². The summed E-state index contributed by atoms with van der Waals surface area (Å²) in [7, 11) is 0. The Bertz CT molecular complexity index is 1140. The molecule has 10 nitrogen and oxygen atoms in total. The minimum Gasteiger partial charge on any atom is -0.481 e. The molecule has 0 aromatic rings. The van der Waals surface area contributed by atoms with E-state index in [9.17, 15) is 24.3 Å². The van der Waals surface area contributed by atoms with Crippen LogP contribution in [0.2, 0.25) is 0 Å². The number of ether oxygens (including phenoxy) is 2. The lowest BCUT2D eigenvalue weighted by molar-refractivity contribution is -0.208. The van der Waals surface area contributed by atoms with E-state index in [0.29, 0.717) is 39.1 Å². The molecular formula is C42H76N2O8. The first-order valence-corrected chi connectivity index (χ1v) is 20.5. The molecule has 8 unspecified atom stereocenters. The van der Waals surface area contributed by atoms with Crippen LogP contribution in [0.25, 0.3) is 0 Å². The Balaban J connectivity index is 2.79. The number of esters is 2. The van der Waals surface area contributed by atoms with Crippen LogP contribution in [0.4, 0.5) is 0 Å². The molecular weight excluding hydrogens is 660 g/mol. The molecule has 2 fully saturated rings. The van der Waals surface area contributed by atoms with Crippen molar-refractivity contribution in [3.05, 3.63) is 0 Å². The van der Waals surface area contributed by atoms with Crippen LogP contribution < -0.4 is 0 Å². The van der Waals surface area contributed by atoms with E-state index in [4.69, 9.17) is 14.6 Å². The SMILES string of the molecule is CCC1(C)CC(C(CCCCCCCC(=O)O)(C(=O)O)C2CC(C)(CC)N(CCOC(C)=O)C(C)(CC)C2C)C(C)C(C)(CC)N1CCOC(C)=O. The van der Waals surface area contributed by atoms with Crippen molar-refractivity contribution >= 4 is 23.9 Å². The number of hydrogen-bond donors (Lipinski definition) is 2. The highest BCUT2D eigenvalue weighted by atomic mass is 16.5. The molecule has 2 aliphatic rings. The van der Waals surface area contributed by atoms with Gasteiger partial charge in [-0.3, -0.25) is 29.0 Å². The molecule has 0 bridgehead atoms. The number of likely N-dealkylation sites (tertiary alicyclic amines) is 2. The summed E-state index contributed by atoms with van der Waals surface area (Å²) in [5.41, 5.74) is -2.29. The maximum Gasteiger partial charge on any atom is 0.310 e. The second kappa shape index (κ2) is 18.9. The van der Waals surface area contributed by atoms with E-state index in [2.05, 4.69) is 79.0 Å². The fraction of sp³-hybridized carbons (Fsp3) is 0.905. The highest BCUT2D eigenvalue weighted by Gasteiger charge is 2.66. The molecule has 2 N–H and O–H groups in total. The minimum absolute atomic E-state index is 0.0380. The molecule has 2 rings (SSSR count). The first-order valence-electron chi connectivity index (χ1n) is 20.5. The molecule has 302 valence electrons. The maximum atomic E-state index is 14.6. The van der Waals surface area contributed by atoms with Crippen molar-refractivity contribution in [1.82, 2.24) is 9.80 Å². The van der Waals surface area contributed by atoms with E-state index >= 15 is 0 Å². The average molecular weight is 737 g/mol. The first-order chi connectivity index (χ1) is 24.2. The molecule has 8 atom stereocenters. The predicted octanol–water partition coefficient (Wildman–Crippen LogP) is 8.59. The third-order valence-corrected chi connectivity index (χ3v) is 14.9. The van der Waals surface area contributed by atoms with Crippen LogP contribution in [0, 0.1) is 29.1 Å². The Morgan fingerprint density at radius 3 is 1.37 bits per heavy atom. The van der Waals surface area contributed by atoms with Crippen LogP contribution in [0.3, 0.4) is 0 Å². The number of carbonyl (C=O) groups is 4. The van der Waals surface area contributed by atoms with E-state index in [1.165, 1.54) is 13.8 Å². The van der Waals surface area contributed by atoms with Gasteiger partial charge in [-0.05, 0) is 103 Å². The highest BCUT2D eigenvalue weighted by Crippen LogP contribution is 2.63. The fourth-order valence-electron chi connectivity index (χ4n) is 11.0. The highest BCUT2D eigenvalue weighted by molar-refractivity contribution is 5.76. The van der Waals surface area contributed by atoms with Crippen molar-refractivity contribution in [2.75, 3.05) is 26.3 Å². The summed E-state index contributed by atoms with van der Waals surface area (Å²) >= 11 is 0. The minimum atomic E-state index is -1.01. The topological polar surface area (TPSA) is 134 Å². The lowest BCUT2D eigenvalue weighted by Gasteiger charge is -2.68. The number of unbranched alkanes of at least 4 members (excludes halogenated alkanes) is 4. The number of carboxylic acid groups (broad SMARTS) is 2. The number of carboxylic acids is 2. The smallest absolute Gasteiger partial charge is 0.310 e. The van der Waals surface area contributed by atoms with Crippen LogP contribution >= 0.6 is 0 Å². The largest absolute Gasteiger partial charge is 0.481 e. The molecule has 0 aliphatic carbocycles.